The van der Waals surface area contributed by atoms with Gasteiger partial charge in [0.2, 0.25) is 0 Å². The highest BCUT2D eigenvalue weighted by molar-refractivity contribution is 5.77. The predicted molar refractivity (Wildman–Crippen MR) is 102 cm³/mol. The summed E-state index contributed by atoms with van der Waals surface area (Å²) in [5.41, 5.74) is 3.29. The Bertz CT molecular complexity index is 1110. The van der Waals surface area contributed by atoms with Crippen LogP contribution in [0.4, 0.5) is 0 Å². The fraction of sp³-hybridized carbons (Fsp3) is 0.238. The van der Waals surface area contributed by atoms with Crippen LogP contribution in [-0.4, -0.2) is 21.3 Å². The van der Waals surface area contributed by atoms with Crippen LogP contribution in [0.15, 0.2) is 63.9 Å². The maximum atomic E-state index is 12.4. The van der Waals surface area contributed by atoms with E-state index in [-0.39, 0.29) is 11.6 Å². The van der Waals surface area contributed by atoms with Crippen molar-refractivity contribution in [3.8, 4) is 0 Å². The van der Waals surface area contributed by atoms with Gasteiger partial charge in [-0.2, -0.15) is 0 Å². The van der Waals surface area contributed by atoms with Gasteiger partial charge in [0, 0.05) is 24.2 Å². The highest BCUT2D eigenvalue weighted by atomic mass is 16.3. The second-order valence-corrected chi connectivity index (χ2v) is 6.80. The van der Waals surface area contributed by atoms with Crippen molar-refractivity contribution < 1.29 is 4.42 Å². The molecule has 0 radical (unpaired) electrons. The highest BCUT2D eigenvalue weighted by Gasteiger charge is 2.17. The van der Waals surface area contributed by atoms with Crippen LogP contribution in [0.2, 0.25) is 0 Å². The monoisotopic (exact) mass is 347 g/mol. The molecule has 1 atom stereocenters. The number of fused-ring (bicyclic) bond motifs is 2. The zero-order valence-corrected chi connectivity index (χ0v) is 15.1. The zero-order chi connectivity index (χ0) is 18.3. The first-order valence-electron chi connectivity index (χ1n) is 8.69. The van der Waals surface area contributed by atoms with Crippen molar-refractivity contribution in [2.24, 2.45) is 0 Å². The van der Waals surface area contributed by atoms with Gasteiger partial charge < -0.3 is 4.42 Å². The summed E-state index contributed by atoms with van der Waals surface area (Å²) in [5, 5.41) is 1.10. The summed E-state index contributed by atoms with van der Waals surface area (Å²) in [6.45, 7) is 4.62. The first-order chi connectivity index (χ1) is 12.5. The number of rotatable bonds is 4. The molecule has 5 nitrogen and oxygen atoms in total. The molecule has 0 aliphatic rings. The molecular formula is C21H21N3O2. The number of hydrogen-bond donors (Lipinski definition) is 0. The van der Waals surface area contributed by atoms with Crippen LogP contribution in [-0.2, 0) is 6.54 Å². The highest BCUT2D eigenvalue weighted by Crippen LogP contribution is 2.27. The Balaban J connectivity index is 1.60. The molecular weight excluding hydrogens is 326 g/mol. The lowest BCUT2D eigenvalue weighted by Crippen LogP contribution is -2.24. The van der Waals surface area contributed by atoms with Crippen LogP contribution in [0.25, 0.3) is 16.6 Å². The molecule has 0 aliphatic heterocycles. The van der Waals surface area contributed by atoms with Crippen molar-refractivity contribution >= 4 is 16.6 Å². The molecule has 3 aromatic heterocycles. The summed E-state index contributed by atoms with van der Waals surface area (Å²) in [7, 11) is 2.01. The molecule has 0 spiro atoms. The number of hydrogen-bond acceptors (Lipinski definition) is 4. The van der Waals surface area contributed by atoms with Crippen LogP contribution in [0, 0.1) is 6.92 Å². The van der Waals surface area contributed by atoms with Crippen molar-refractivity contribution in [2.45, 2.75) is 26.4 Å². The molecule has 3 heterocycles. The molecule has 4 aromatic rings. The van der Waals surface area contributed by atoms with Gasteiger partial charge in [0.1, 0.15) is 17.0 Å². The van der Waals surface area contributed by atoms with Crippen molar-refractivity contribution in [2.75, 3.05) is 7.05 Å². The minimum absolute atomic E-state index is 0.0570. The van der Waals surface area contributed by atoms with Gasteiger partial charge in [-0.05, 0) is 44.7 Å². The molecule has 1 aromatic carbocycles. The normalized spacial score (nSPS) is 12.9. The lowest BCUT2D eigenvalue weighted by atomic mass is 10.2. The Kier molecular flexibility index (Phi) is 4.09. The Morgan fingerprint density at radius 1 is 1.19 bits per heavy atom. The molecule has 0 bridgehead atoms. The largest absolute Gasteiger partial charge is 0.459 e. The molecule has 0 amide bonds. The number of para-hydroxylation sites is 1. The topological polar surface area (TPSA) is 50.8 Å². The quantitative estimate of drug-likeness (QED) is 0.561. The summed E-state index contributed by atoms with van der Waals surface area (Å²) < 4.78 is 7.55. The summed E-state index contributed by atoms with van der Waals surface area (Å²) in [4.78, 5) is 19.1. The number of aryl methyl sites for hydroxylation is 1. The van der Waals surface area contributed by atoms with Crippen molar-refractivity contribution in [3.63, 3.8) is 0 Å². The predicted octanol–water partition coefficient (Wildman–Crippen LogP) is 3.94. The van der Waals surface area contributed by atoms with E-state index in [2.05, 4.69) is 22.9 Å². The number of pyridine rings is 1. The third kappa shape index (κ3) is 3.02. The van der Waals surface area contributed by atoms with Gasteiger partial charge in [-0.1, -0.05) is 24.3 Å². The summed E-state index contributed by atoms with van der Waals surface area (Å²) in [6.07, 6.45) is 1.81. The van der Waals surface area contributed by atoms with Crippen molar-refractivity contribution in [1.82, 2.24) is 14.3 Å². The summed E-state index contributed by atoms with van der Waals surface area (Å²) in [6, 6.07) is 15.6. The van der Waals surface area contributed by atoms with Crippen LogP contribution >= 0.6 is 0 Å². The van der Waals surface area contributed by atoms with E-state index in [1.54, 1.807) is 10.5 Å². The number of benzene rings is 1. The van der Waals surface area contributed by atoms with Crippen LogP contribution in [0.1, 0.15) is 30.0 Å². The first-order valence-corrected chi connectivity index (χ1v) is 8.69. The number of aromatic nitrogens is 2. The fourth-order valence-corrected chi connectivity index (χ4v) is 3.16. The standard InChI is InChI=1S/C21H21N3O2/c1-14-8-9-20-22-17(11-21(25)24(20)12-14)13-23(3)15(2)19-10-16-6-4-5-7-18(16)26-19/h4-12,15H,13H2,1-3H3/t15-/m0/s1. The smallest absolute Gasteiger partial charge is 0.258 e. The number of furan rings is 1. The second-order valence-electron chi connectivity index (χ2n) is 6.80. The van der Waals surface area contributed by atoms with Gasteiger partial charge in [0.15, 0.2) is 0 Å². The molecule has 0 saturated carbocycles. The molecule has 0 fully saturated rings. The Hall–Kier alpha value is -2.92. The van der Waals surface area contributed by atoms with Gasteiger partial charge in [0.25, 0.3) is 5.56 Å². The third-order valence-electron chi connectivity index (χ3n) is 4.79. The average molecular weight is 347 g/mol. The maximum absolute atomic E-state index is 12.4. The molecule has 5 heteroatoms. The lowest BCUT2D eigenvalue weighted by molar-refractivity contribution is 0.224. The van der Waals surface area contributed by atoms with E-state index in [9.17, 15) is 4.79 Å². The van der Waals surface area contributed by atoms with E-state index >= 15 is 0 Å². The van der Waals surface area contributed by atoms with E-state index in [1.807, 2.05) is 56.6 Å². The van der Waals surface area contributed by atoms with Gasteiger partial charge in [-0.3, -0.25) is 14.1 Å². The van der Waals surface area contributed by atoms with Crippen molar-refractivity contribution in [1.29, 1.82) is 0 Å². The average Bonchev–Trinajstić information content (AvgIpc) is 3.06. The molecule has 0 N–H and O–H groups in total. The van der Waals surface area contributed by atoms with E-state index in [1.165, 1.54) is 0 Å². The maximum Gasteiger partial charge on any atom is 0.258 e. The van der Waals surface area contributed by atoms with Gasteiger partial charge in [0.05, 0.1) is 11.7 Å². The van der Waals surface area contributed by atoms with Gasteiger partial charge >= 0.3 is 0 Å². The lowest BCUT2D eigenvalue weighted by Gasteiger charge is -2.22. The Morgan fingerprint density at radius 2 is 2.00 bits per heavy atom. The zero-order valence-electron chi connectivity index (χ0n) is 15.1. The van der Waals surface area contributed by atoms with Gasteiger partial charge in [-0.25, -0.2) is 4.98 Å². The van der Waals surface area contributed by atoms with Gasteiger partial charge in [-0.15, -0.1) is 0 Å². The summed E-state index contributed by atoms with van der Waals surface area (Å²) in [5.74, 6) is 0.904. The van der Waals surface area contributed by atoms with E-state index in [0.29, 0.717) is 12.2 Å². The SMILES string of the molecule is Cc1ccc2nc(CN(C)[C@@H](C)c3cc4ccccc4o3)cc(=O)n2c1. The van der Waals surface area contributed by atoms with E-state index < -0.39 is 0 Å². The second kappa shape index (κ2) is 6.42. The van der Waals surface area contributed by atoms with Crippen molar-refractivity contribution in [3.05, 3.63) is 82.1 Å². The molecule has 0 aliphatic carbocycles. The van der Waals surface area contributed by atoms with E-state index in [4.69, 9.17) is 4.42 Å². The molecule has 132 valence electrons. The molecule has 0 saturated heterocycles. The minimum Gasteiger partial charge on any atom is -0.459 e. The van der Waals surface area contributed by atoms with Crippen LogP contribution < -0.4 is 5.56 Å². The summed E-state index contributed by atoms with van der Waals surface area (Å²) >= 11 is 0. The Labute approximate surface area is 151 Å². The molecule has 0 unspecified atom stereocenters. The van der Waals surface area contributed by atoms with E-state index in [0.717, 1.165) is 28.0 Å². The number of nitrogens with zero attached hydrogens (tertiary/aromatic N) is 3. The fourth-order valence-electron chi connectivity index (χ4n) is 3.16. The first kappa shape index (κ1) is 16.5. The molecule has 26 heavy (non-hydrogen) atoms. The third-order valence-corrected chi connectivity index (χ3v) is 4.79. The van der Waals surface area contributed by atoms with Crippen LogP contribution in [0.5, 0.6) is 0 Å². The van der Waals surface area contributed by atoms with Crippen LogP contribution in [0.3, 0.4) is 0 Å². The Morgan fingerprint density at radius 3 is 2.81 bits per heavy atom. The molecule has 4 rings (SSSR count). The minimum atomic E-state index is -0.0570.